The molecule has 1 aromatic heterocycles. The topological polar surface area (TPSA) is 34.9 Å². The molecular formula is C11H7ClFIN2O. The molecule has 1 aromatic carbocycles. The molecule has 0 saturated heterocycles. The van der Waals surface area contributed by atoms with Crippen molar-refractivity contribution in [2.75, 3.05) is 0 Å². The van der Waals surface area contributed by atoms with E-state index in [0.29, 0.717) is 5.56 Å². The molecule has 0 aliphatic heterocycles. The van der Waals surface area contributed by atoms with Crippen LogP contribution in [0.3, 0.4) is 0 Å². The van der Waals surface area contributed by atoms with E-state index in [-0.39, 0.29) is 17.1 Å². The number of aromatic nitrogens is 2. The zero-order valence-corrected chi connectivity index (χ0v) is 11.4. The summed E-state index contributed by atoms with van der Waals surface area (Å²) in [6.07, 6.45) is 1.58. The Hall–Kier alpha value is -0.950. The predicted molar refractivity (Wildman–Crippen MR) is 71.7 cm³/mol. The molecule has 2 rings (SSSR count). The van der Waals surface area contributed by atoms with Crippen molar-refractivity contribution >= 4 is 34.2 Å². The van der Waals surface area contributed by atoms with Crippen molar-refractivity contribution in [3.05, 3.63) is 60.8 Å². The molecule has 0 atom stereocenters. The largest absolute Gasteiger partial charge is 0.268 e. The molecule has 6 heteroatoms. The summed E-state index contributed by atoms with van der Waals surface area (Å²) in [5.41, 5.74) is 0.426. The van der Waals surface area contributed by atoms with Crippen LogP contribution < -0.4 is 5.56 Å². The Balaban J connectivity index is 2.31. The van der Waals surface area contributed by atoms with Gasteiger partial charge in [0.2, 0.25) is 0 Å². The van der Waals surface area contributed by atoms with Crippen molar-refractivity contribution in [1.82, 2.24) is 9.78 Å². The molecular weight excluding hydrogens is 357 g/mol. The van der Waals surface area contributed by atoms with Crippen LogP contribution in [-0.2, 0) is 6.54 Å². The molecule has 0 fully saturated rings. The zero-order chi connectivity index (χ0) is 12.4. The molecule has 88 valence electrons. The number of benzene rings is 1. The van der Waals surface area contributed by atoms with Crippen LogP contribution in [0.2, 0.25) is 5.02 Å². The lowest BCUT2D eigenvalue weighted by molar-refractivity contribution is 0.610. The molecule has 0 saturated carbocycles. The second-order valence-electron chi connectivity index (χ2n) is 3.42. The second-order valence-corrected chi connectivity index (χ2v) is 5.07. The smallest absolute Gasteiger partial charge is 0.268 e. The van der Waals surface area contributed by atoms with Gasteiger partial charge in [0, 0.05) is 9.64 Å². The lowest BCUT2D eigenvalue weighted by Crippen LogP contribution is -2.22. The predicted octanol–water partition coefficient (Wildman–Crippen LogP) is 2.69. The maximum absolute atomic E-state index is 13.2. The van der Waals surface area contributed by atoms with Crippen LogP contribution in [0.5, 0.6) is 0 Å². The van der Waals surface area contributed by atoms with E-state index in [1.165, 1.54) is 22.9 Å². The van der Waals surface area contributed by atoms with Crippen LogP contribution in [-0.4, -0.2) is 9.78 Å². The summed E-state index contributed by atoms with van der Waals surface area (Å²) in [4.78, 5) is 11.6. The summed E-state index contributed by atoms with van der Waals surface area (Å²) in [7, 11) is 0. The highest BCUT2D eigenvalue weighted by molar-refractivity contribution is 14.1. The first kappa shape index (κ1) is 12.5. The van der Waals surface area contributed by atoms with Gasteiger partial charge < -0.3 is 0 Å². The van der Waals surface area contributed by atoms with Crippen LogP contribution in [0.1, 0.15) is 5.56 Å². The van der Waals surface area contributed by atoms with Crippen molar-refractivity contribution in [3.63, 3.8) is 0 Å². The van der Waals surface area contributed by atoms with E-state index in [1.54, 1.807) is 12.3 Å². The third-order valence-corrected chi connectivity index (χ3v) is 3.05. The number of halogens is 3. The summed E-state index contributed by atoms with van der Waals surface area (Å²) >= 11 is 7.59. The summed E-state index contributed by atoms with van der Waals surface area (Å²) < 4.78 is 15.2. The first-order chi connectivity index (χ1) is 8.06. The Morgan fingerprint density at radius 1 is 1.41 bits per heavy atom. The maximum Gasteiger partial charge on any atom is 0.268 e. The van der Waals surface area contributed by atoms with Gasteiger partial charge in [-0.2, -0.15) is 5.10 Å². The van der Waals surface area contributed by atoms with Gasteiger partial charge in [0.1, 0.15) is 5.82 Å². The Bertz CT molecular complexity index is 615. The van der Waals surface area contributed by atoms with Crippen LogP contribution in [0, 0.1) is 9.39 Å². The minimum atomic E-state index is -0.497. The molecule has 0 spiro atoms. The Labute approximate surface area is 115 Å². The minimum Gasteiger partial charge on any atom is -0.268 e. The Morgan fingerprint density at radius 3 is 2.82 bits per heavy atom. The van der Waals surface area contributed by atoms with Gasteiger partial charge in [0.15, 0.2) is 0 Å². The van der Waals surface area contributed by atoms with E-state index in [0.717, 1.165) is 3.57 Å². The Kier molecular flexibility index (Phi) is 3.78. The lowest BCUT2D eigenvalue weighted by atomic mass is 10.2. The van der Waals surface area contributed by atoms with E-state index in [2.05, 4.69) is 5.10 Å². The van der Waals surface area contributed by atoms with Gasteiger partial charge in [-0.25, -0.2) is 9.07 Å². The van der Waals surface area contributed by atoms with E-state index >= 15 is 0 Å². The molecule has 0 amide bonds. The molecule has 17 heavy (non-hydrogen) atoms. The summed E-state index contributed by atoms with van der Waals surface area (Å²) in [6.45, 7) is 0.226. The molecule has 0 radical (unpaired) electrons. The fourth-order valence-electron chi connectivity index (χ4n) is 1.34. The molecule has 0 aliphatic carbocycles. The van der Waals surface area contributed by atoms with Gasteiger partial charge >= 0.3 is 0 Å². The first-order valence-corrected chi connectivity index (χ1v) is 6.18. The third kappa shape index (κ3) is 3.04. The van der Waals surface area contributed by atoms with E-state index in [1.807, 2.05) is 22.6 Å². The molecule has 0 unspecified atom stereocenters. The van der Waals surface area contributed by atoms with Crippen LogP contribution in [0.25, 0.3) is 0 Å². The fraction of sp³-hybridized carbons (Fsp3) is 0.0909. The van der Waals surface area contributed by atoms with Crippen LogP contribution in [0.15, 0.2) is 35.3 Å². The van der Waals surface area contributed by atoms with Gasteiger partial charge in [-0.05, 0) is 40.3 Å². The molecule has 1 heterocycles. The highest BCUT2D eigenvalue weighted by Crippen LogP contribution is 2.15. The highest BCUT2D eigenvalue weighted by atomic mass is 127. The third-order valence-electron chi connectivity index (χ3n) is 2.15. The number of hydrogen-bond donors (Lipinski definition) is 0. The number of rotatable bonds is 2. The van der Waals surface area contributed by atoms with Gasteiger partial charge in [-0.3, -0.25) is 4.79 Å². The lowest BCUT2D eigenvalue weighted by Gasteiger charge is -2.05. The Morgan fingerprint density at radius 2 is 2.18 bits per heavy atom. The molecule has 0 bridgehead atoms. The van der Waals surface area contributed by atoms with Crippen molar-refractivity contribution in [3.8, 4) is 0 Å². The van der Waals surface area contributed by atoms with Crippen molar-refractivity contribution in [2.45, 2.75) is 6.54 Å². The average molecular weight is 365 g/mol. The van der Waals surface area contributed by atoms with E-state index in [9.17, 15) is 9.18 Å². The second kappa shape index (κ2) is 5.14. The van der Waals surface area contributed by atoms with Crippen molar-refractivity contribution in [2.24, 2.45) is 0 Å². The van der Waals surface area contributed by atoms with E-state index in [4.69, 9.17) is 11.6 Å². The van der Waals surface area contributed by atoms with Crippen LogP contribution >= 0.6 is 34.2 Å². The summed E-state index contributed by atoms with van der Waals surface area (Å²) in [6, 6.07) is 5.90. The standard InChI is InChI=1S/C11H7ClFIN2O/c12-9-2-1-7(3-10(9)13)6-16-11(17)4-8(14)5-15-16/h1-5H,6H2. The highest BCUT2D eigenvalue weighted by Gasteiger charge is 2.04. The van der Waals surface area contributed by atoms with Gasteiger partial charge in [0.05, 0.1) is 17.8 Å². The van der Waals surface area contributed by atoms with Crippen molar-refractivity contribution < 1.29 is 4.39 Å². The zero-order valence-electron chi connectivity index (χ0n) is 8.53. The van der Waals surface area contributed by atoms with E-state index < -0.39 is 5.82 Å². The molecule has 2 aromatic rings. The normalized spacial score (nSPS) is 10.5. The van der Waals surface area contributed by atoms with Crippen LogP contribution in [0.4, 0.5) is 4.39 Å². The SMILES string of the molecule is O=c1cc(I)cnn1Cc1ccc(Cl)c(F)c1. The number of hydrogen-bond acceptors (Lipinski definition) is 2. The number of nitrogens with zero attached hydrogens (tertiary/aromatic N) is 2. The molecule has 0 N–H and O–H groups in total. The van der Waals surface area contributed by atoms with Gasteiger partial charge in [-0.15, -0.1) is 0 Å². The maximum atomic E-state index is 13.2. The fourth-order valence-corrected chi connectivity index (χ4v) is 1.85. The monoisotopic (exact) mass is 364 g/mol. The van der Waals surface area contributed by atoms with Gasteiger partial charge in [-0.1, -0.05) is 17.7 Å². The van der Waals surface area contributed by atoms with Gasteiger partial charge in [0.25, 0.3) is 5.56 Å². The summed E-state index contributed by atoms with van der Waals surface area (Å²) in [5.74, 6) is -0.497. The first-order valence-electron chi connectivity index (χ1n) is 4.73. The average Bonchev–Trinajstić information content (AvgIpc) is 2.27. The summed E-state index contributed by atoms with van der Waals surface area (Å²) in [5, 5.41) is 4.03. The van der Waals surface area contributed by atoms with Crippen molar-refractivity contribution in [1.29, 1.82) is 0 Å². The quantitative estimate of drug-likeness (QED) is 0.768. The molecule has 0 aliphatic rings. The molecule has 3 nitrogen and oxygen atoms in total. The minimum absolute atomic E-state index is 0.0664.